The van der Waals surface area contributed by atoms with Crippen molar-refractivity contribution in [2.75, 3.05) is 27.3 Å². The standard InChI is InChI=1S/C28H30N2O11/c1-40-12-9-17(31)24(18(10-12)41-2)22-13-3-4-14-21(27(38)29(25(14)36)7-5-19(32)33)15(13)11-16-23(22)28(39)30(26(16)37)8-6-20(34)35/h3,9-10,14-16,21-23,31H,4-8,11H2,1-2H3,(H,32,33)(H,34,35)/t14-,15+,16+,21-,22-,23+/m0/s1. The maximum atomic E-state index is 13.8. The Kier molecular flexibility index (Phi) is 7.22. The normalized spacial score (nSPS) is 28.7. The van der Waals surface area contributed by atoms with E-state index in [2.05, 4.69) is 0 Å². The molecule has 1 aromatic carbocycles. The van der Waals surface area contributed by atoms with Crippen molar-refractivity contribution in [2.45, 2.75) is 31.6 Å². The van der Waals surface area contributed by atoms with Gasteiger partial charge in [0.2, 0.25) is 23.6 Å². The van der Waals surface area contributed by atoms with Gasteiger partial charge in [-0.25, -0.2) is 0 Å². The minimum atomic E-state index is -1.18. The van der Waals surface area contributed by atoms with Crippen LogP contribution in [0.15, 0.2) is 23.8 Å². The first-order valence-electron chi connectivity index (χ1n) is 13.3. The van der Waals surface area contributed by atoms with Crippen LogP contribution in [0.3, 0.4) is 0 Å². The van der Waals surface area contributed by atoms with E-state index in [1.807, 2.05) is 0 Å². The molecule has 6 atom stereocenters. The number of carbonyl (C=O) groups excluding carboxylic acids is 4. The molecule has 0 spiro atoms. The Morgan fingerprint density at radius 1 is 0.829 bits per heavy atom. The van der Waals surface area contributed by atoms with Gasteiger partial charge in [0.15, 0.2) is 0 Å². The zero-order chi connectivity index (χ0) is 29.7. The van der Waals surface area contributed by atoms with E-state index in [4.69, 9.17) is 14.6 Å². The summed E-state index contributed by atoms with van der Waals surface area (Å²) in [5, 5.41) is 29.5. The van der Waals surface area contributed by atoms with Crippen LogP contribution in [0.1, 0.15) is 37.2 Å². The summed E-state index contributed by atoms with van der Waals surface area (Å²) in [6.07, 6.45) is 1.15. The van der Waals surface area contributed by atoms with Crippen molar-refractivity contribution in [1.82, 2.24) is 9.80 Å². The number of aliphatic carboxylic acids is 2. The van der Waals surface area contributed by atoms with Crippen LogP contribution in [0.25, 0.3) is 0 Å². The fraction of sp³-hybridized carbons (Fsp3) is 0.500. The Morgan fingerprint density at radius 3 is 1.98 bits per heavy atom. The summed E-state index contributed by atoms with van der Waals surface area (Å²) in [6, 6.07) is 2.88. The van der Waals surface area contributed by atoms with E-state index < -0.39 is 83.9 Å². The van der Waals surface area contributed by atoms with Crippen molar-refractivity contribution in [1.29, 1.82) is 0 Å². The highest BCUT2D eigenvalue weighted by atomic mass is 16.5. The molecule has 4 aliphatic rings. The first kappa shape index (κ1) is 28.1. The molecule has 2 heterocycles. The minimum absolute atomic E-state index is 0.0628. The molecular formula is C28H30N2O11. The molecule has 5 rings (SSSR count). The van der Waals surface area contributed by atoms with Gasteiger partial charge >= 0.3 is 11.9 Å². The van der Waals surface area contributed by atoms with Gasteiger partial charge in [0, 0.05) is 36.7 Å². The van der Waals surface area contributed by atoms with E-state index in [0.717, 1.165) is 9.80 Å². The predicted molar refractivity (Wildman–Crippen MR) is 137 cm³/mol. The van der Waals surface area contributed by atoms with E-state index in [1.165, 1.54) is 26.4 Å². The van der Waals surface area contributed by atoms with Gasteiger partial charge in [0.1, 0.15) is 17.2 Å². The van der Waals surface area contributed by atoms with Gasteiger partial charge in [0.25, 0.3) is 0 Å². The molecule has 0 unspecified atom stereocenters. The Hall–Kier alpha value is -4.42. The fourth-order valence-corrected chi connectivity index (χ4v) is 7.08. The number of carboxylic acids is 2. The number of likely N-dealkylation sites (tertiary alicyclic amines) is 2. The average Bonchev–Trinajstić information content (AvgIpc) is 3.32. The highest BCUT2D eigenvalue weighted by Crippen LogP contribution is 2.60. The minimum Gasteiger partial charge on any atom is -0.507 e. The van der Waals surface area contributed by atoms with Gasteiger partial charge in [-0.1, -0.05) is 11.6 Å². The highest BCUT2D eigenvalue weighted by Gasteiger charge is 2.62. The molecular weight excluding hydrogens is 540 g/mol. The Labute approximate surface area is 234 Å². The zero-order valence-electron chi connectivity index (χ0n) is 22.4. The summed E-state index contributed by atoms with van der Waals surface area (Å²) >= 11 is 0. The molecule has 41 heavy (non-hydrogen) atoms. The topological polar surface area (TPSA) is 188 Å². The number of hydrogen-bond acceptors (Lipinski definition) is 9. The first-order chi connectivity index (χ1) is 19.5. The number of benzene rings is 1. The average molecular weight is 571 g/mol. The van der Waals surface area contributed by atoms with Crippen molar-refractivity contribution in [3.63, 3.8) is 0 Å². The SMILES string of the molecule is COc1cc(O)c([C@H]2C3=CC[C@@H]4C(=O)N(CCC(=O)O)C(=O)[C@@H]4[C@@H]3C[C@H]3C(=O)N(CCC(=O)O)C(=O)[C@@H]23)c(OC)c1. The third kappa shape index (κ3) is 4.49. The van der Waals surface area contributed by atoms with Gasteiger partial charge in [-0.3, -0.25) is 38.6 Å². The molecule has 0 radical (unpaired) electrons. The van der Waals surface area contributed by atoms with Crippen molar-refractivity contribution < 1.29 is 53.6 Å². The molecule has 13 heteroatoms. The number of methoxy groups -OCH3 is 2. The van der Waals surface area contributed by atoms with Crippen molar-refractivity contribution in [2.24, 2.45) is 29.6 Å². The summed E-state index contributed by atoms with van der Waals surface area (Å²) in [6.45, 7) is -0.598. The number of amides is 4. The lowest BCUT2D eigenvalue weighted by molar-refractivity contribution is -0.145. The monoisotopic (exact) mass is 570 g/mol. The van der Waals surface area contributed by atoms with Crippen molar-refractivity contribution >= 4 is 35.6 Å². The van der Waals surface area contributed by atoms with Gasteiger partial charge in [0.05, 0.1) is 50.7 Å². The summed E-state index contributed by atoms with van der Waals surface area (Å²) in [4.78, 5) is 78.4. The van der Waals surface area contributed by atoms with Gasteiger partial charge in [-0.15, -0.1) is 0 Å². The highest BCUT2D eigenvalue weighted by molar-refractivity contribution is 6.08. The van der Waals surface area contributed by atoms with E-state index in [0.29, 0.717) is 5.57 Å². The fourth-order valence-electron chi connectivity index (χ4n) is 7.08. The second kappa shape index (κ2) is 10.5. The quantitative estimate of drug-likeness (QED) is 0.284. The molecule has 0 bridgehead atoms. The number of imide groups is 2. The Balaban J connectivity index is 1.62. The second-order valence-electron chi connectivity index (χ2n) is 10.7. The van der Waals surface area contributed by atoms with Crippen molar-refractivity contribution in [3.8, 4) is 17.2 Å². The van der Waals surface area contributed by atoms with Crippen LogP contribution < -0.4 is 9.47 Å². The number of phenols is 1. The maximum Gasteiger partial charge on any atom is 0.305 e. The zero-order valence-corrected chi connectivity index (χ0v) is 22.4. The summed E-state index contributed by atoms with van der Waals surface area (Å²) in [7, 11) is 2.78. The van der Waals surface area contributed by atoms with Crippen molar-refractivity contribution in [3.05, 3.63) is 29.3 Å². The molecule has 1 aromatic rings. The molecule has 13 nitrogen and oxygen atoms in total. The van der Waals surface area contributed by atoms with Gasteiger partial charge in [-0.05, 0) is 18.8 Å². The summed E-state index contributed by atoms with van der Waals surface area (Å²) in [5.41, 5.74) is 0.826. The maximum absolute atomic E-state index is 13.8. The molecule has 2 aliphatic heterocycles. The Morgan fingerprint density at radius 2 is 1.41 bits per heavy atom. The number of phenolic OH excluding ortho intramolecular Hbond substituents is 1. The van der Waals surface area contributed by atoms with Crippen LogP contribution in [0.4, 0.5) is 0 Å². The molecule has 218 valence electrons. The predicted octanol–water partition coefficient (Wildman–Crippen LogP) is 0.995. The molecule has 2 aliphatic carbocycles. The lowest BCUT2D eigenvalue weighted by Crippen LogP contribution is -2.43. The molecule has 2 saturated heterocycles. The van der Waals surface area contributed by atoms with E-state index in [1.54, 1.807) is 6.08 Å². The van der Waals surface area contributed by atoms with Gasteiger partial charge in [-0.2, -0.15) is 0 Å². The second-order valence-corrected chi connectivity index (χ2v) is 10.7. The number of ether oxygens (including phenoxy) is 2. The number of carboxylic acid groups (broad SMARTS) is 2. The van der Waals surface area contributed by atoms with Crippen LogP contribution in [0.2, 0.25) is 0 Å². The molecule has 3 N–H and O–H groups in total. The number of fused-ring (bicyclic) bond motifs is 4. The lowest BCUT2D eigenvalue weighted by Gasteiger charge is -2.44. The number of carbonyl (C=O) groups is 6. The Bertz CT molecular complexity index is 1380. The summed E-state index contributed by atoms with van der Waals surface area (Å²) < 4.78 is 10.8. The lowest BCUT2D eigenvalue weighted by atomic mass is 9.57. The number of aromatic hydroxyl groups is 1. The summed E-state index contributed by atoms with van der Waals surface area (Å²) in [5.74, 6) is -9.40. The van der Waals surface area contributed by atoms with E-state index in [-0.39, 0.29) is 48.7 Å². The molecule has 3 fully saturated rings. The number of rotatable bonds is 9. The third-order valence-electron chi connectivity index (χ3n) is 8.79. The van der Waals surface area contributed by atoms with E-state index in [9.17, 15) is 39.0 Å². The molecule has 1 saturated carbocycles. The van der Waals surface area contributed by atoms with Crippen LogP contribution in [-0.4, -0.2) is 88.0 Å². The van der Waals surface area contributed by atoms with E-state index >= 15 is 0 Å². The molecule has 0 aromatic heterocycles. The smallest absolute Gasteiger partial charge is 0.305 e. The number of nitrogens with zero attached hydrogens (tertiary/aromatic N) is 2. The van der Waals surface area contributed by atoms with Gasteiger partial charge < -0.3 is 24.8 Å². The van der Waals surface area contributed by atoms with Crippen LogP contribution in [0, 0.1) is 29.6 Å². The first-order valence-corrected chi connectivity index (χ1v) is 13.3. The largest absolute Gasteiger partial charge is 0.507 e. The van der Waals surface area contributed by atoms with Crippen LogP contribution >= 0.6 is 0 Å². The number of hydrogen-bond donors (Lipinski definition) is 3. The third-order valence-corrected chi connectivity index (χ3v) is 8.79. The number of allylic oxidation sites excluding steroid dienone is 2. The van der Waals surface area contributed by atoms with Crippen LogP contribution in [0.5, 0.6) is 17.2 Å². The van der Waals surface area contributed by atoms with Crippen LogP contribution in [-0.2, 0) is 28.8 Å². The molecule has 4 amide bonds.